The Morgan fingerprint density at radius 3 is 1.45 bits per heavy atom. The van der Waals surface area contributed by atoms with Gasteiger partial charge in [-0.05, 0) is 33.8 Å². The summed E-state index contributed by atoms with van der Waals surface area (Å²) in [7, 11) is -24.6. The van der Waals surface area contributed by atoms with Crippen molar-refractivity contribution < 1.29 is 116 Å². The number of aromatic amines is 3. The number of phosphoric acid groups is 4. The van der Waals surface area contributed by atoms with Crippen molar-refractivity contribution in [2.45, 2.75) is 177 Å². The molecule has 0 aromatic carbocycles. The Morgan fingerprint density at radius 2 is 1.00 bits per heavy atom. The number of nitrogens with two attached hydrogens (primary N) is 3. The second-order valence-corrected chi connectivity index (χ2v) is 33.6. The van der Waals surface area contributed by atoms with E-state index in [1.807, 2.05) is 0 Å². The lowest BCUT2D eigenvalue weighted by Gasteiger charge is -2.26. The molecule has 0 amide bonds. The van der Waals surface area contributed by atoms with E-state index in [1.165, 1.54) is 41.6 Å². The highest BCUT2D eigenvalue weighted by molar-refractivity contribution is 7.48. The topological polar surface area (TPSA) is 635 Å². The Bertz CT molecular complexity index is 5100. The van der Waals surface area contributed by atoms with E-state index in [9.17, 15) is 71.2 Å². The highest BCUT2D eigenvalue weighted by atomic mass is 31.2. The minimum atomic E-state index is -5.56. The molecule has 5 aliphatic heterocycles. The predicted octanol–water partition coefficient (Wildman–Crippen LogP) is 0.768. The first-order valence-corrected chi connectivity index (χ1v) is 40.3. The first-order chi connectivity index (χ1) is 50.9. The van der Waals surface area contributed by atoms with Crippen molar-refractivity contribution in [1.29, 1.82) is 0 Å². The molecular weight excluding hydrogens is 1550 g/mol. The van der Waals surface area contributed by atoms with Gasteiger partial charge in [0.1, 0.15) is 104 Å². The van der Waals surface area contributed by atoms with Crippen molar-refractivity contribution >= 4 is 79.2 Å². The Balaban J connectivity index is 0.760. The molecule has 12 heterocycles. The fraction of sp³-hybridized carbons (Fsp3) is 0.600. The van der Waals surface area contributed by atoms with Crippen LogP contribution in [0.15, 0.2) is 72.4 Å². The van der Waals surface area contributed by atoms with Crippen molar-refractivity contribution in [2.75, 3.05) is 50.2 Å². The molecule has 5 saturated heterocycles. The van der Waals surface area contributed by atoms with Gasteiger partial charge in [-0.3, -0.25) is 92.9 Å². The van der Waals surface area contributed by atoms with E-state index in [4.69, 9.17) is 86.3 Å². The van der Waals surface area contributed by atoms with Crippen molar-refractivity contribution in [2.24, 2.45) is 0 Å². The average Bonchev–Trinajstić information content (AvgIpc) is 1.64. The van der Waals surface area contributed by atoms with Crippen LogP contribution in [0.25, 0.3) is 22.3 Å². The molecule has 7 aromatic rings. The molecule has 108 heavy (non-hydrogen) atoms. The summed E-state index contributed by atoms with van der Waals surface area (Å²) < 4.78 is 177. The molecule has 21 atom stereocenters. The van der Waals surface area contributed by atoms with Crippen LogP contribution in [-0.4, -0.2) is 199 Å². The molecule has 47 nitrogen and oxygen atoms in total. The van der Waals surface area contributed by atoms with Crippen molar-refractivity contribution in [3.05, 3.63) is 117 Å². The first kappa shape index (κ1) is 80.4. The predicted molar refractivity (Wildman–Crippen MR) is 363 cm³/mol. The summed E-state index contributed by atoms with van der Waals surface area (Å²) in [5.74, 6) is -0.598. The van der Waals surface area contributed by atoms with Crippen LogP contribution in [0.1, 0.15) is 95.6 Å². The van der Waals surface area contributed by atoms with Crippen LogP contribution in [0.5, 0.6) is 0 Å². The van der Waals surface area contributed by atoms with Gasteiger partial charge in [0.05, 0.1) is 51.8 Å². The number of aryl methyl sites for hydroxylation is 2. The molecule has 53 heteroatoms. The molecular formula is C55H75FN17O30P5. The molecule has 592 valence electrons. The number of ether oxygens (including phenoxy) is 6. The zero-order chi connectivity index (χ0) is 77.8. The number of rotatable bonds is 31. The maximum atomic E-state index is 16.1. The number of imidazole rings is 2. The summed E-state index contributed by atoms with van der Waals surface area (Å²) >= 11 is 0. The number of hydrogen-bond acceptors (Lipinski definition) is 35. The van der Waals surface area contributed by atoms with Gasteiger partial charge >= 0.3 is 48.4 Å². The summed E-state index contributed by atoms with van der Waals surface area (Å²) in [6.45, 7) is 4.61. The lowest BCUT2D eigenvalue weighted by atomic mass is 10.1. The van der Waals surface area contributed by atoms with E-state index in [2.05, 4.69) is 44.9 Å². The van der Waals surface area contributed by atoms with Gasteiger partial charge < -0.3 is 69.7 Å². The van der Waals surface area contributed by atoms with Gasteiger partial charge in [-0.15, -0.1) is 0 Å². The molecule has 5 fully saturated rings. The van der Waals surface area contributed by atoms with Crippen LogP contribution in [0.3, 0.4) is 0 Å². The van der Waals surface area contributed by atoms with Gasteiger partial charge in [0.2, 0.25) is 5.95 Å². The zero-order valence-electron chi connectivity index (χ0n) is 57.5. The van der Waals surface area contributed by atoms with Crippen LogP contribution < -0.4 is 50.9 Å². The second-order valence-electron chi connectivity index (χ2n) is 25.9. The number of H-pyrrole nitrogens is 3. The molecule has 0 saturated carbocycles. The lowest BCUT2D eigenvalue weighted by Crippen LogP contribution is -2.37. The Hall–Kier alpha value is -7.14. The molecule has 7 aromatic heterocycles. The minimum Gasteiger partial charge on any atom is -0.383 e. The van der Waals surface area contributed by atoms with Gasteiger partial charge in [-0.2, -0.15) is 9.97 Å². The Kier molecular flexibility index (Phi) is 24.0. The molecule has 13 N–H and O–H groups in total. The number of nitrogens with zero attached hydrogens (tertiary/aromatic N) is 11. The summed E-state index contributed by atoms with van der Waals surface area (Å²) in [4.78, 5) is 153. The molecule has 12 rings (SSSR count). The number of alkyl halides is 1. The standard InChI is InChI=1S/C55H75FN17O30P5/c1-23(2)94-44-35(99-51(41(44)56)69-8-7-36(57)64-53(69)77)19-93-108(87,88)101-28-10-38(71-14-26(6)49(75)68-55(71)79)96-32(28)16-90-106(83,84)102-29-11-39(72-21-62-42-45(58)60-20-61-46(42)72)97-33(29)17-92-107(85,86)103-30-12-40(73-22-63-43-47(73)65-52(59)66-50(43)76)98-34(30)18-91-105(81,82)100-27-9-37(70-13-25(5)48(74)67-54(70)78)95-31(27)15-89-104(80)24(3)4/h7-8,13-14,20-24,27-35,37-41,44,51,104H,9-12,15-19H2,1-6H3,(H,81,82)(H,83,84)(H,85,86)(H,87,88)(H2,57,64,77)(H2,58,60,61)(H,67,74,78)(H,68,75,79)(H3,59,65,66,76). The lowest BCUT2D eigenvalue weighted by molar-refractivity contribution is -0.0790. The first-order valence-electron chi connectivity index (χ1n) is 32.9. The monoisotopic (exact) mass is 1630 g/mol. The molecule has 21 unspecified atom stereocenters. The van der Waals surface area contributed by atoms with Crippen molar-refractivity contribution in [3.63, 3.8) is 0 Å². The molecule has 0 aliphatic carbocycles. The summed E-state index contributed by atoms with van der Waals surface area (Å²) in [5, 5.41) is 0. The van der Waals surface area contributed by atoms with Gasteiger partial charge in [-0.25, -0.2) is 57.0 Å². The van der Waals surface area contributed by atoms with Crippen molar-refractivity contribution in [1.82, 2.24) is 67.7 Å². The van der Waals surface area contributed by atoms with Gasteiger partial charge in [-0.1, -0.05) is 13.8 Å². The third kappa shape index (κ3) is 18.4. The van der Waals surface area contributed by atoms with Crippen LogP contribution >= 0.6 is 39.3 Å². The SMILES string of the molecule is Cc1cn(C2CC(OP(=O)(O)OCC3OC(n4cnc5c(=O)[nH]c(N)nc54)CC3OP(=O)(O)OCC3OC(n4cnc5c(N)ncnc54)CC3OP(=O)(O)OCC3OC(n4cc(C)c(=O)[nH]c4=O)CC3OP(=O)(O)OCC3OC(n4ccc(N)nc4=O)C(F)C3OC(C)C)C(CO[PH](=O)C(C)C)O2)c(=O)[nH]c1=O. The largest absolute Gasteiger partial charge is 0.472 e. The number of nitrogen functional groups attached to an aromatic ring is 3. The third-order valence-electron chi connectivity index (χ3n) is 17.5. The Labute approximate surface area is 605 Å². The number of hydrogen-bond donors (Lipinski definition) is 10. The second kappa shape index (κ2) is 32.3. The number of halogens is 1. The van der Waals surface area contributed by atoms with E-state index >= 15 is 4.39 Å². The quantitative estimate of drug-likeness (QED) is 0.0268. The molecule has 0 bridgehead atoms. The van der Waals surface area contributed by atoms with E-state index < -0.39 is 235 Å². The van der Waals surface area contributed by atoms with Crippen LogP contribution in [0.4, 0.5) is 22.0 Å². The maximum absolute atomic E-state index is 16.1. The number of fused-ring (bicyclic) bond motifs is 2. The molecule has 0 spiro atoms. The van der Waals surface area contributed by atoms with Crippen LogP contribution in [0, 0.1) is 13.8 Å². The fourth-order valence-electron chi connectivity index (χ4n) is 12.3. The highest BCUT2D eigenvalue weighted by Gasteiger charge is 2.52. The smallest absolute Gasteiger partial charge is 0.383 e. The van der Waals surface area contributed by atoms with E-state index in [1.54, 1.807) is 27.7 Å². The van der Waals surface area contributed by atoms with Gasteiger partial charge in [0.25, 0.3) is 16.7 Å². The van der Waals surface area contributed by atoms with E-state index in [0.29, 0.717) is 0 Å². The average molecular weight is 1630 g/mol. The van der Waals surface area contributed by atoms with Gasteiger partial charge in [0, 0.05) is 61.1 Å². The third-order valence-corrected chi connectivity index (χ3v) is 22.9. The summed E-state index contributed by atoms with van der Waals surface area (Å²) in [6.07, 6.45) is -20.6. The van der Waals surface area contributed by atoms with E-state index in [0.717, 1.165) is 38.7 Å². The zero-order valence-corrected chi connectivity index (χ0v) is 62.1. The van der Waals surface area contributed by atoms with Crippen molar-refractivity contribution in [3.8, 4) is 0 Å². The highest BCUT2D eigenvalue weighted by Crippen LogP contribution is 2.55. The Morgan fingerprint density at radius 1 is 0.565 bits per heavy atom. The number of anilines is 3. The summed E-state index contributed by atoms with van der Waals surface area (Å²) in [5.41, 5.74) is 11.8. The number of phosphoric ester groups is 4. The molecule has 0 radical (unpaired) electrons. The molecule has 5 aliphatic rings. The maximum Gasteiger partial charge on any atom is 0.472 e. The van der Waals surface area contributed by atoms with Crippen LogP contribution in [-0.2, 0) is 92.0 Å². The van der Waals surface area contributed by atoms with Crippen LogP contribution in [0.2, 0.25) is 0 Å². The van der Waals surface area contributed by atoms with E-state index in [-0.39, 0.29) is 57.5 Å². The number of nitrogens with one attached hydrogen (secondary N) is 3. The van der Waals surface area contributed by atoms with Gasteiger partial charge in [0.15, 0.2) is 43.1 Å². The number of aromatic nitrogens is 14. The minimum absolute atomic E-state index is 0.00532. The summed E-state index contributed by atoms with van der Waals surface area (Å²) in [6, 6.07) is 1.21. The normalized spacial score (nSPS) is 29.3. The fourth-order valence-corrected chi connectivity index (χ4v) is 16.8.